The molecule has 2 aromatic rings. The van der Waals surface area contributed by atoms with E-state index in [1.54, 1.807) is 11.3 Å². The van der Waals surface area contributed by atoms with Crippen LogP contribution in [0, 0.1) is 0 Å². The Balaban J connectivity index is 1.73. The first-order chi connectivity index (χ1) is 12.7. The zero-order valence-electron chi connectivity index (χ0n) is 15.6. The molecule has 1 atom stereocenters. The van der Waals surface area contributed by atoms with E-state index in [1.165, 1.54) is 27.9 Å². The summed E-state index contributed by atoms with van der Waals surface area (Å²) in [6.45, 7) is 7.76. The van der Waals surface area contributed by atoms with Crippen molar-refractivity contribution in [2.75, 3.05) is 18.8 Å². The number of piperidine rings is 1. The van der Waals surface area contributed by atoms with E-state index in [2.05, 4.69) is 62.3 Å². The van der Waals surface area contributed by atoms with Crippen molar-refractivity contribution in [2.45, 2.75) is 51.1 Å². The fraction of sp³-hybridized carbons (Fsp3) is 0.550. The third kappa shape index (κ3) is 4.71. The molecule has 26 heavy (non-hydrogen) atoms. The first-order valence-corrected chi connectivity index (χ1v) is 12.1. The van der Waals surface area contributed by atoms with Crippen molar-refractivity contribution in [3.8, 4) is 0 Å². The van der Waals surface area contributed by atoms with Gasteiger partial charge in [0.25, 0.3) is 0 Å². The first-order valence-electron chi connectivity index (χ1n) is 9.39. The van der Waals surface area contributed by atoms with Crippen LogP contribution in [-0.2, 0) is 12.0 Å². The zero-order chi connectivity index (χ0) is 18.4. The number of rotatable bonds is 8. The molecular formula is C20H28BrN3S2. The molecule has 0 spiro atoms. The molecule has 0 bridgehead atoms. The standard InChI is InChI=1S/C20H28BrN3S2/c1-3-12-26-24-10-7-20(8-11-24,19-6-4-5-9-22-19)16(2)23-13-17-14-25-15-18(17)21/h4-6,9,14-16,23H,3,7-8,10-13H2,1-2H3/t16-/m0/s1. The number of halogens is 1. The molecule has 1 saturated heterocycles. The summed E-state index contributed by atoms with van der Waals surface area (Å²) in [5.41, 5.74) is 2.69. The van der Waals surface area contributed by atoms with E-state index in [-0.39, 0.29) is 5.41 Å². The van der Waals surface area contributed by atoms with Crippen LogP contribution in [0.3, 0.4) is 0 Å². The van der Waals surface area contributed by atoms with Crippen LogP contribution in [0.25, 0.3) is 0 Å². The van der Waals surface area contributed by atoms with Gasteiger partial charge in [-0.25, -0.2) is 0 Å². The number of pyridine rings is 1. The van der Waals surface area contributed by atoms with Gasteiger partial charge in [-0.3, -0.25) is 9.29 Å². The van der Waals surface area contributed by atoms with Crippen LogP contribution in [0.15, 0.2) is 39.6 Å². The number of hydrogen-bond donors (Lipinski definition) is 1. The summed E-state index contributed by atoms with van der Waals surface area (Å²) >= 11 is 7.41. The predicted octanol–water partition coefficient (Wildman–Crippen LogP) is 5.48. The van der Waals surface area contributed by atoms with Gasteiger partial charge in [-0.2, -0.15) is 11.3 Å². The van der Waals surface area contributed by atoms with Crippen LogP contribution in [0.5, 0.6) is 0 Å². The third-order valence-electron chi connectivity index (χ3n) is 5.38. The molecule has 0 aliphatic carbocycles. The number of aromatic nitrogens is 1. The van der Waals surface area contributed by atoms with E-state index < -0.39 is 0 Å². The summed E-state index contributed by atoms with van der Waals surface area (Å²) in [5.74, 6) is 1.22. The van der Waals surface area contributed by atoms with Crippen molar-refractivity contribution in [3.63, 3.8) is 0 Å². The maximum atomic E-state index is 4.77. The molecule has 0 aromatic carbocycles. The van der Waals surface area contributed by atoms with Gasteiger partial charge < -0.3 is 5.32 Å². The average Bonchev–Trinajstić information content (AvgIpc) is 3.10. The Morgan fingerprint density at radius 2 is 2.15 bits per heavy atom. The molecular weight excluding hydrogens is 426 g/mol. The topological polar surface area (TPSA) is 28.2 Å². The molecule has 1 fully saturated rings. The Morgan fingerprint density at radius 3 is 2.77 bits per heavy atom. The number of hydrogen-bond acceptors (Lipinski definition) is 5. The molecule has 0 amide bonds. The van der Waals surface area contributed by atoms with Crippen molar-refractivity contribution in [1.29, 1.82) is 0 Å². The van der Waals surface area contributed by atoms with Gasteiger partial charge >= 0.3 is 0 Å². The second kappa shape index (κ2) is 9.69. The molecule has 0 saturated carbocycles. The van der Waals surface area contributed by atoms with E-state index in [0.29, 0.717) is 6.04 Å². The average molecular weight is 455 g/mol. The Labute approximate surface area is 174 Å². The van der Waals surface area contributed by atoms with Crippen LogP contribution in [0.4, 0.5) is 0 Å². The lowest BCUT2D eigenvalue weighted by atomic mass is 9.70. The van der Waals surface area contributed by atoms with Crippen molar-refractivity contribution < 1.29 is 0 Å². The second-order valence-corrected chi connectivity index (χ2v) is 9.76. The summed E-state index contributed by atoms with van der Waals surface area (Å²) in [6, 6.07) is 6.74. The maximum Gasteiger partial charge on any atom is 0.0481 e. The number of nitrogens with zero attached hydrogens (tertiary/aromatic N) is 2. The molecule has 1 aliphatic heterocycles. The van der Waals surface area contributed by atoms with E-state index >= 15 is 0 Å². The van der Waals surface area contributed by atoms with Gasteiger partial charge in [0.15, 0.2) is 0 Å². The minimum atomic E-state index is 0.104. The fourth-order valence-corrected chi connectivity index (χ4v) is 6.02. The maximum absolute atomic E-state index is 4.77. The smallest absolute Gasteiger partial charge is 0.0481 e. The molecule has 142 valence electrons. The van der Waals surface area contributed by atoms with Crippen LogP contribution in [-0.4, -0.2) is 34.2 Å². The lowest BCUT2D eigenvalue weighted by Gasteiger charge is -2.45. The van der Waals surface area contributed by atoms with Crippen LogP contribution in [0.2, 0.25) is 0 Å². The van der Waals surface area contributed by atoms with Crippen molar-refractivity contribution >= 4 is 39.2 Å². The second-order valence-electron chi connectivity index (χ2n) is 6.98. The summed E-state index contributed by atoms with van der Waals surface area (Å²) in [7, 11) is 0. The van der Waals surface area contributed by atoms with Crippen molar-refractivity contribution in [3.05, 3.63) is 50.9 Å². The van der Waals surface area contributed by atoms with Crippen molar-refractivity contribution in [2.24, 2.45) is 0 Å². The highest BCUT2D eigenvalue weighted by molar-refractivity contribution is 9.10. The van der Waals surface area contributed by atoms with Gasteiger partial charge in [0.1, 0.15) is 0 Å². The largest absolute Gasteiger partial charge is 0.309 e. The molecule has 6 heteroatoms. The van der Waals surface area contributed by atoms with Crippen LogP contribution < -0.4 is 5.32 Å². The molecule has 3 heterocycles. The number of nitrogens with one attached hydrogen (secondary N) is 1. The van der Waals surface area contributed by atoms with Gasteiger partial charge in [0, 0.05) is 58.6 Å². The monoisotopic (exact) mass is 453 g/mol. The first kappa shape index (κ1) is 20.3. The SMILES string of the molecule is CCCSN1CCC(c2ccccn2)([C@H](C)NCc2cscc2Br)CC1. The van der Waals surface area contributed by atoms with Gasteiger partial charge in [0.05, 0.1) is 0 Å². The molecule has 2 aromatic heterocycles. The highest BCUT2D eigenvalue weighted by atomic mass is 79.9. The third-order valence-corrected chi connectivity index (χ3v) is 8.54. The highest BCUT2D eigenvalue weighted by Crippen LogP contribution is 2.39. The van der Waals surface area contributed by atoms with E-state index in [1.807, 2.05) is 24.2 Å². The normalized spacial score (nSPS) is 18.7. The molecule has 0 radical (unpaired) electrons. The zero-order valence-corrected chi connectivity index (χ0v) is 18.8. The summed E-state index contributed by atoms with van der Waals surface area (Å²) in [5, 5.41) is 8.18. The summed E-state index contributed by atoms with van der Waals surface area (Å²) in [4.78, 5) is 4.77. The fourth-order valence-electron chi connectivity index (χ4n) is 3.70. The predicted molar refractivity (Wildman–Crippen MR) is 118 cm³/mol. The van der Waals surface area contributed by atoms with Crippen molar-refractivity contribution in [1.82, 2.24) is 14.6 Å². The highest BCUT2D eigenvalue weighted by Gasteiger charge is 2.42. The Bertz CT molecular complexity index is 669. The van der Waals surface area contributed by atoms with Gasteiger partial charge in [0.2, 0.25) is 0 Å². The van der Waals surface area contributed by atoms with E-state index in [4.69, 9.17) is 4.98 Å². The Morgan fingerprint density at radius 1 is 1.35 bits per heavy atom. The van der Waals surface area contributed by atoms with Gasteiger partial charge in [-0.1, -0.05) is 24.9 Å². The lowest BCUT2D eigenvalue weighted by molar-refractivity contribution is 0.188. The van der Waals surface area contributed by atoms with Crippen LogP contribution >= 0.6 is 39.2 Å². The molecule has 3 rings (SSSR count). The van der Waals surface area contributed by atoms with E-state index in [0.717, 1.165) is 32.5 Å². The van der Waals surface area contributed by atoms with E-state index in [9.17, 15) is 0 Å². The molecule has 3 nitrogen and oxygen atoms in total. The summed E-state index contributed by atoms with van der Waals surface area (Å²) < 4.78 is 3.76. The van der Waals surface area contributed by atoms with Gasteiger partial charge in [-0.15, -0.1) is 0 Å². The summed E-state index contributed by atoms with van der Waals surface area (Å²) in [6.07, 6.45) is 5.48. The van der Waals surface area contributed by atoms with Crippen LogP contribution in [0.1, 0.15) is 44.4 Å². The molecule has 1 aliphatic rings. The Kier molecular flexibility index (Phi) is 7.58. The Hall–Kier alpha value is -0.400. The molecule has 0 unspecified atom stereocenters. The van der Waals surface area contributed by atoms with Gasteiger partial charge in [-0.05, 0) is 65.2 Å². The minimum Gasteiger partial charge on any atom is -0.309 e. The number of thiophene rings is 1. The lowest BCUT2D eigenvalue weighted by Crippen LogP contribution is -2.52. The quantitative estimate of drug-likeness (QED) is 0.535. The minimum absolute atomic E-state index is 0.104. The molecule has 1 N–H and O–H groups in total.